The molecule has 1 spiro atoms. The van der Waals surface area contributed by atoms with Crippen molar-refractivity contribution in [1.29, 1.82) is 0 Å². The first-order valence-electron chi connectivity index (χ1n) is 12.9. The van der Waals surface area contributed by atoms with E-state index < -0.39 is 30.0 Å². The third-order valence-corrected chi connectivity index (χ3v) is 6.86. The van der Waals surface area contributed by atoms with E-state index in [-0.39, 0.29) is 0 Å². The largest absolute Gasteiger partial charge is 0.497 e. The number of epoxide rings is 1. The van der Waals surface area contributed by atoms with Gasteiger partial charge < -0.3 is 33.7 Å². The van der Waals surface area contributed by atoms with E-state index in [1.54, 1.807) is 14.2 Å². The summed E-state index contributed by atoms with van der Waals surface area (Å²) < 4.78 is 35.1. The average molecular weight is 532 g/mol. The van der Waals surface area contributed by atoms with Gasteiger partial charge in [-0.3, -0.25) is 0 Å². The number of amides is 1. The molecule has 1 heterocycles. The standard InChI is InChI=1S/C31H33NO7/c1-34-25-12-8-23(9-13-25)19-36-28-27(39-30(33)32-18-22-6-4-3-5-7-22)16-17-31(21-38-31)29(28)37-20-24-10-14-26(35-2)15-11-24/h3-17,27-29H,18-21H2,1-2H3,(H,32,33)/t27-,28+,29-,31+/m0/s1. The van der Waals surface area contributed by atoms with Gasteiger partial charge >= 0.3 is 6.09 Å². The van der Waals surface area contributed by atoms with E-state index in [9.17, 15) is 4.79 Å². The van der Waals surface area contributed by atoms with Crippen LogP contribution in [-0.2, 0) is 38.7 Å². The lowest BCUT2D eigenvalue weighted by Crippen LogP contribution is -2.53. The molecule has 3 aromatic rings. The molecule has 1 saturated heterocycles. The molecule has 3 aromatic carbocycles. The molecule has 1 aliphatic heterocycles. The first-order valence-corrected chi connectivity index (χ1v) is 12.9. The number of carbonyl (C=O) groups is 1. The van der Waals surface area contributed by atoms with E-state index in [1.807, 2.05) is 91.0 Å². The van der Waals surface area contributed by atoms with Gasteiger partial charge in [0.15, 0.2) is 6.10 Å². The van der Waals surface area contributed by atoms with Gasteiger partial charge in [-0.2, -0.15) is 0 Å². The molecule has 0 unspecified atom stereocenters. The number of hydrogen-bond acceptors (Lipinski definition) is 7. The molecule has 8 heteroatoms. The second-order valence-corrected chi connectivity index (χ2v) is 9.52. The van der Waals surface area contributed by atoms with Crippen molar-refractivity contribution in [2.24, 2.45) is 0 Å². The summed E-state index contributed by atoms with van der Waals surface area (Å²) in [6.07, 6.45) is 1.47. The van der Waals surface area contributed by atoms with E-state index in [2.05, 4.69) is 5.32 Å². The Morgan fingerprint density at radius 2 is 1.44 bits per heavy atom. The summed E-state index contributed by atoms with van der Waals surface area (Å²) in [5.41, 5.74) is 2.30. The lowest BCUT2D eigenvalue weighted by atomic mass is 9.88. The zero-order valence-electron chi connectivity index (χ0n) is 22.1. The number of ether oxygens (including phenoxy) is 6. The zero-order chi connectivity index (χ0) is 27.1. The van der Waals surface area contributed by atoms with Crippen LogP contribution in [0.1, 0.15) is 16.7 Å². The van der Waals surface area contributed by atoms with Crippen LogP contribution < -0.4 is 14.8 Å². The van der Waals surface area contributed by atoms with E-state index in [1.165, 1.54) is 0 Å². The van der Waals surface area contributed by atoms with Crippen LogP contribution in [0, 0.1) is 0 Å². The molecule has 4 atom stereocenters. The van der Waals surface area contributed by atoms with Crippen molar-refractivity contribution in [2.75, 3.05) is 20.8 Å². The Hall–Kier alpha value is -3.85. The molecular formula is C31H33NO7. The number of benzene rings is 3. The molecule has 1 aliphatic carbocycles. The van der Waals surface area contributed by atoms with Gasteiger partial charge in [0.25, 0.3) is 0 Å². The summed E-state index contributed by atoms with van der Waals surface area (Å²) in [5, 5.41) is 2.82. The minimum absolute atomic E-state index is 0.298. The van der Waals surface area contributed by atoms with E-state index >= 15 is 0 Å². The second-order valence-electron chi connectivity index (χ2n) is 9.52. The summed E-state index contributed by atoms with van der Waals surface area (Å²) >= 11 is 0. The molecule has 0 radical (unpaired) electrons. The predicted octanol–water partition coefficient (Wildman–Crippen LogP) is 4.81. The normalized spacial score (nSPS) is 23.3. The van der Waals surface area contributed by atoms with Gasteiger partial charge in [0.2, 0.25) is 0 Å². The van der Waals surface area contributed by atoms with Crippen LogP contribution in [0.5, 0.6) is 11.5 Å². The van der Waals surface area contributed by atoms with Crippen LogP contribution in [0.3, 0.4) is 0 Å². The number of nitrogens with one attached hydrogen (secondary N) is 1. The van der Waals surface area contributed by atoms with Crippen LogP contribution in [0.25, 0.3) is 0 Å². The van der Waals surface area contributed by atoms with Crippen molar-refractivity contribution in [2.45, 2.75) is 43.7 Å². The highest BCUT2D eigenvalue weighted by molar-refractivity contribution is 5.67. The molecule has 5 rings (SSSR count). The fraction of sp³-hybridized carbons (Fsp3) is 0.323. The SMILES string of the molecule is COc1ccc(CO[C@@H]2[C@@H](OC(=O)NCc3ccccc3)C=C[C@@]3(CO3)[C@H]2OCc2ccc(OC)cc2)cc1. The molecule has 2 aliphatic rings. The zero-order valence-corrected chi connectivity index (χ0v) is 22.1. The van der Waals surface area contributed by atoms with Crippen LogP contribution in [-0.4, -0.2) is 50.8 Å². The van der Waals surface area contributed by atoms with Crippen molar-refractivity contribution < 1.29 is 33.2 Å². The highest BCUT2D eigenvalue weighted by Gasteiger charge is 2.58. The summed E-state index contributed by atoms with van der Waals surface area (Å²) in [4.78, 5) is 12.8. The predicted molar refractivity (Wildman–Crippen MR) is 145 cm³/mol. The van der Waals surface area contributed by atoms with Gasteiger partial charge in [0.05, 0.1) is 34.0 Å². The van der Waals surface area contributed by atoms with E-state index in [4.69, 9.17) is 28.4 Å². The maximum absolute atomic E-state index is 12.8. The Labute approximate surface area is 228 Å². The summed E-state index contributed by atoms with van der Waals surface area (Å²) in [6.45, 7) is 1.50. The summed E-state index contributed by atoms with van der Waals surface area (Å²) in [7, 11) is 3.26. The Balaban J connectivity index is 1.30. The monoisotopic (exact) mass is 531 g/mol. The van der Waals surface area contributed by atoms with Crippen LogP contribution in [0.2, 0.25) is 0 Å². The fourth-order valence-corrected chi connectivity index (χ4v) is 4.54. The number of hydrogen-bond donors (Lipinski definition) is 1. The third-order valence-electron chi connectivity index (χ3n) is 6.86. The number of methoxy groups -OCH3 is 2. The molecular weight excluding hydrogens is 498 g/mol. The first kappa shape index (κ1) is 26.7. The van der Waals surface area contributed by atoms with Crippen molar-refractivity contribution in [3.8, 4) is 11.5 Å². The Morgan fingerprint density at radius 3 is 2.00 bits per heavy atom. The van der Waals surface area contributed by atoms with Gasteiger partial charge in [-0.15, -0.1) is 0 Å². The molecule has 1 amide bonds. The maximum atomic E-state index is 12.8. The maximum Gasteiger partial charge on any atom is 0.408 e. The van der Waals surface area contributed by atoms with E-state index in [0.29, 0.717) is 26.4 Å². The number of alkyl carbamates (subject to hydrolysis) is 1. The van der Waals surface area contributed by atoms with Crippen molar-refractivity contribution in [1.82, 2.24) is 5.32 Å². The van der Waals surface area contributed by atoms with Gasteiger partial charge in [-0.05, 0) is 53.1 Å². The molecule has 0 saturated carbocycles. The molecule has 0 bridgehead atoms. The van der Waals surface area contributed by atoms with Gasteiger partial charge in [-0.1, -0.05) is 54.6 Å². The topological polar surface area (TPSA) is 87.8 Å². The highest BCUT2D eigenvalue weighted by atomic mass is 16.6. The smallest absolute Gasteiger partial charge is 0.408 e. The van der Waals surface area contributed by atoms with Crippen molar-refractivity contribution in [3.05, 3.63) is 108 Å². The van der Waals surface area contributed by atoms with Crippen molar-refractivity contribution in [3.63, 3.8) is 0 Å². The van der Waals surface area contributed by atoms with E-state index in [0.717, 1.165) is 28.2 Å². The summed E-state index contributed by atoms with van der Waals surface area (Å²) in [6, 6.07) is 25.0. The Morgan fingerprint density at radius 1 is 0.846 bits per heavy atom. The lowest BCUT2D eigenvalue weighted by Gasteiger charge is -2.37. The first-order chi connectivity index (χ1) is 19.1. The van der Waals surface area contributed by atoms with Crippen LogP contribution in [0.4, 0.5) is 4.79 Å². The molecule has 1 N–H and O–H groups in total. The van der Waals surface area contributed by atoms with Gasteiger partial charge in [0, 0.05) is 6.54 Å². The second kappa shape index (κ2) is 12.3. The van der Waals surface area contributed by atoms with Crippen LogP contribution >= 0.6 is 0 Å². The minimum atomic E-state index is -0.672. The number of carbonyl (C=O) groups excluding carboxylic acids is 1. The molecule has 1 fully saturated rings. The van der Waals surface area contributed by atoms with Gasteiger partial charge in [0.1, 0.15) is 29.3 Å². The third kappa shape index (κ3) is 6.78. The van der Waals surface area contributed by atoms with Crippen molar-refractivity contribution >= 4 is 6.09 Å². The molecule has 204 valence electrons. The molecule has 8 nitrogen and oxygen atoms in total. The minimum Gasteiger partial charge on any atom is -0.497 e. The quantitative estimate of drug-likeness (QED) is 0.281. The van der Waals surface area contributed by atoms with Crippen LogP contribution in [0.15, 0.2) is 91.0 Å². The molecule has 39 heavy (non-hydrogen) atoms. The fourth-order valence-electron chi connectivity index (χ4n) is 4.54. The Kier molecular flexibility index (Phi) is 8.46. The summed E-state index contributed by atoms with van der Waals surface area (Å²) in [5.74, 6) is 1.54. The van der Waals surface area contributed by atoms with Gasteiger partial charge in [-0.25, -0.2) is 4.79 Å². The average Bonchev–Trinajstić information content (AvgIpc) is 3.76. The highest BCUT2D eigenvalue weighted by Crippen LogP contribution is 2.42. The Bertz CT molecular complexity index is 1240. The molecule has 0 aromatic heterocycles. The lowest BCUT2D eigenvalue weighted by molar-refractivity contribution is -0.145. The number of rotatable bonds is 11.